The molecule has 0 spiro atoms. The molecule has 1 unspecified atom stereocenters. The van der Waals surface area contributed by atoms with E-state index in [1.807, 2.05) is 0 Å². The van der Waals surface area contributed by atoms with Crippen molar-refractivity contribution in [2.24, 2.45) is 5.92 Å². The van der Waals surface area contributed by atoms with Crippen LogP contribution in [0.4, 0.5) is 5.82 Å². The van der Waals surface area contributed by atoms with Crippen molar-refractivity contribution in [1.29, 1.82) is 0 Å². The number of nitrogens with one attached hydrogen (secondary N) is 1. The first-order valence-corrected chi connectivity index (χ1v) is 9.16. The summed E-state index contributed by atoms with van der Waals surface area (Å²) in [7, 11) is 0. The van der Waals surface area contributed by atoms with Gasteiger partial charge >= 0.3 is 0 Å². The summed E-state index contributed by atoms with van der Waals surface area (Å²) in [5.74, 6) is 4.29. The number of anilines is 1. The highest BCUT2D eigenvalue weighted by Crippen LogP contribution is 2.28. The average Bonchev–Trinajstić information content (AvgIpc) is 2.41. The summed E-state index contributed by atoms with van der Waals surface area (Å²) in [6.45, 7) is 14.2. The Bertz CT molecular complexity index is 473. The van der Waals surface area contributed by atoms with Crippen LogP contribution in [0.15, 0.2) is 6.07 Å². The zero-order chi connectivity index (χ0) is 15.4. The van der Waals surface area contributed by atoms with Crippen molar-refractivity contribution in [2.45, 2.75) is 47.2 Å². The molecule has 118 valence electrons. The van der Waals surface area contributed by atoms with Crippen molar-refractivity contribution in [3.63, 3.8) is 0 Å². The second-order valence-corrected chi connectivity index (χ2v) is 7.67. The Morgan fingerprint density at radius 2 is 2.19 bits per heavy atom. The smallest absolute Gasteiger partial charge is 0.133 e. The van der Waals surface area contributed by atoms with Crippen LogP contribution in [0.2, 0.25) is 0 Å². The van der Waals surface area contributed by atoms with Crippen LogP contribution >= 0.6 is 11.8 Å². The number of thioether (sulfide) groups is 1. The molecule has 1 atom stereocenters. The fourth-order valence-electron chi connectivity index (χ4n) is 2.83. The molecule has 1 saturated heterocycles. The number of aryl methyl sites for hydroxylation is 2. The first kappa shape index (κ1) is 16.6. The normalized spacial score (nSPS) is 19.3. The quantitative estimate of drug-likeness (QED) is 0.902. The Labute approximate surface area is 133 Å². The molecule has 0 aliphatic carbocycles. The van der Waals surface area contributed by atoms with Crippen LogP contribution in [-0.4, -0.2) is 35.6 Å². The molecular formula is C17H29N3S. The lowest BCUT2D eigenvalue weighted by molar-refractivity contribution is 0.549. The van der Waals surface area contributed by atoms with E-state index in [9.17, 15) is 0 Å². The first-order valence-electron chi connectivity index (χ1n) is 8.01. The predicted molar refractivity (Wildman–Crippen MR) is 94.4 cm³/mol. The van der Waals surface area contributed by atoms with Crippen molar-refractivity contribution < 1.29 is 0 Å². The van der Waals surface area contributed by atoms with Gasteiger partial charge < -0.3 is 10.2 Å². The second kappa shape index (κ2) is 7.50. The molecule has 1 aliphatic heterocycles. The molecule has 0 bridgehead atoms. The summed E-state index contributed by atoms with van der Waals surface area (Å²) in [6, 6.07) is 2.78. The van der Waals surface area contributed by atoms with Gasteiger partial charge in [0.25, 0.3) is 0 Å². The van der Waals surface area contributed by atoms with Gasteiger partial charge in [-0.1, -0.05) is 13.8 Å². The van der Waals surface area contributed by atoms with Gasteiger partial charge in [0.1, 0.15) is 5.82 Å². The van der Waals surface area contributed by atoms with Crippen molar-refractivity contribution in [3.8, 4) is 0 Å². The zero-order valence-corrected chi connectivity index (χ0v) is 14.9. The van der Waals surface area contributed by atoms with E-state index in [0.717, 1.165) is 25.3 Å². The van der Waals surface area contributed by atoms with Crippen LogP contribution in [0.3, 0.4) is 0 Å². The number of nitrogens with zero attached hydrogens (tertiary/aromatic N) is 2. The topological polar surface area (TPSA) is 28.2 Å². The first-order chi connectivity index (χ1) is 9.99. The molecular weight excluding hydrogens is 278 g/mol. The van der Waals surface area contributed by atoms with Gasteiger partial charge in [-0.15, -0.1) is 0 Å². The van der Waals surface area contributed by atoms with E-state index in [1.54, 1.807) is 0 Å². The summed E-state index contributed by atoms with van der Waals surface area (Å²) < 4.78 is 0. The lowest BCUT2D eigenvalue weighted by atomic mass is 10.1. The molecule has 0 saturated carbocycles. The van der Waals surface area contributed by atoms with Gasteiger partial charge in [0.05, 0.1) is 0 Å². The number of hydrogen-bond donors (Lipinski definition) is 1. The molecule has 3 nitrogen and oxygen atoms in total. The van der Waals surface area contributed by atoms with Gasteiger partial charge in [0, 0.05) is 41.9 Å². The van der Waals surface area contributed by atoms with Gasteiger partial charge in [0.15, 0.2) is 0 Å². The fourth-order valence-corrected chi connectivity index (χ4v) is 3.84. The zero-order valence-electron chi connectivity index (χ0n) is 14.1. The van der Waals surface area contributed by atoms with Gasteiger partial charge in [-0.25, -0.2) is 4.98 Å². The highest BCUT2D eigenvalue weighted by Gasteiger charge is 2.23. The third kappa shape index (κ3) is 4.36. The minimum atomic E-state index is 0.571. The van der Waals surface area contributed by atoms with Crippen molar-refractivity contribution >= 4 is 17.6 Å². The van der Waals surface area contributed by atoms with Gasteiger partial charge in [-0.3, -0.25) is 0 Å². The summed E-state index contributed by atoms with van der Waals surface area (Å²) in [6.07, 6.45) is 0. The van der Waals surface area contributed by atoms with E-state index in [4.69, 9.17) is 4.98 Å². The molecule has 0 aromatic carbocycles. The van der Waals surface area contributed by atoms with Gasteiger partial charge in [-0.05, 0) is 44.9 Å². The Hall–Kier alpha value is -0.740. The molecule has 1 N–H and O–H groups in total. The van der Waals surface area contributed by atoms with Crippen LogP contribution in [0, 0.1) is 19.8 Å². The van der Waals surface area contributed by atoms with Crippen LogP contribution in [-0.2, 0) is 6.54 Å². The molecule has 0 radical (unpaired) electrons. The number of pyridine rings is 1. The van der Waals surface area contributed by atoms with E-state index in [2.05, 4.69) is 62.7 Å². The Morgan fingerprint density at radius 1 is 1.43 bits per heavy atom. The monoisotopic (exact) mass is 307 g/mol. The van der Waals surface area contributed by atoms with Crippen LogP contribution < -0.4 is 10.2 Å². The molecule has 1 aliphatic rings. The SMILES string of the molecule is Cc1cc(C)c(CNCC(C)C)c(N2CCSCC2C)n1. The minimum absolute atomic E-state index is 0.571. The summed E-state index contributed by atoms with van der Waals surface area (Å²) in [5.41, 5.74) is 3.86. The Morgan fingerprint density at radius 3 is 2.86 bits per heavy atom. The minimum Gasteiger partial charge on any atom is -0.352 e. The van der Waals surface area contributed by atoms with Gasteiger partial charge in [0.2, 0.25) is 0 Å². The number of hydrogen-bond acceptors (Lipinski definition) is 4. The summed E-state index contributed by atoms with van der Waals surface area (Å²) in [4.78, 5) is 7.39. The molecule has 21 heavy (non-hydrogen) atoms. The lowest BCUT2D eigenvalue weighted by Gasteiger charge is -2.36. The van der Waals surface area contributed by atoms with Crippen molar-refractivity contribution in [3.05, 3.63) is 22.9 Å². The van der Waals surface area contributed by atoms with Gasteiger partial charge in [-0.2, -0.15) is 11.8 Å². The van der Waals surface area contributed by atoms with E-state index in [1.165, 1.54) is 28.5 Å². The van der Waals surface area contributed by atoms with Crippen LogP contribution in [0.1, 0.15) is 37.6 Å². The molecule has 4 heteroatoms. The predicted octanol–water partition coefficient (Wildman–Crippen LogP) is 3.39. The van der Waals surface area contributed by atoms with Crippen molar-refractivity contribution in [1.82, 2.24) is 10.3 Å². The van der Waals surface area contributed by atoms with Crippen molar-refractivity contribution in [2.75, 3.05) is 29.5 Å². The van der Waals surface area contributed by atoms with E-state index in [0.29, 0.717) is 12.0 Å². The Kier molecular flexibility index (Phi) is 5.94. The Balaban J connectivity index is 2.24. The third-order valence-corrected chi connectivity index (χ3v) is 5.14. The summed E-state index contributed by atoms with van der Waals surface area (Å²) in [5, 5.41) is 3.58. The number of aromatic nitrogens is 1. The molecule has 1 fully saturated rings. The average molecular weight is 308 g/mol. The fraction of sp³-hybridized carbons (Fsp3) is 0.706. The van der Waals surface area contributed by atoms with E-state index in [-0.39, 0.29) is 0 Å². The maximum Gasteiger partial charge on any atom is 0.133 e. The largest absolute Gasteiger partial charge is 0.352 e. The third-order valence-electron chi connectivity index (χ3n) is 3.95. The molecule has 2 heterocycles. The van der Waals surface area contributed by atoms with E-state index >= 15 is 0 Å². The van der Waals surface area contributed by atoms with Crippen LogP contribution in [0.5, 0.6) is 0 Å². The molecule has 1 aromatic heterocycles. The standard InChI is InChI=1S/C17H29N3S/c1-12(2)9-18-10-16-13(3)8-14(4)19-17(16)20-6-7-21-11-15(20)5/h8,12,15,18H,6-7,9-11H2,1-5H3. The molecule has 0 amide bonds. The maximum atomic E-state index is 4.88. The maximum absolute atomic E-state index is 4.88. The highest BCUT2D eigenvalue weighted by atomic mass is 32.2. The molecule has 2 rings (SSSR count). The second-order valence-electron chi connectivity index (χ2n) is 6.52. The van der Waals surface area contributed by atoms with Crippen LogP contribution in [0.25, 0.3) is 0 Å². The summed E-state index contributed by atoms with van der Waals surface area (Å²) >= 11 is 2.05. The molecule has 1 aromatic rings. The van der Waals surface area contributed by atoms with E-state index < -0.39 is 0 Å². The lowest BCUT2D eigenvalue weighted by Crippen LogP contribution is -2.42. The number of rotatable bonds is 5. The highest BCUT2D eigenvalue weighted by molar-refractivity contribution is 7.99.